The number of piperidine rings is 1. The van der Waals surface area contributed by atoms with Crippen molar-refractivity contribution in [2.45, 2.75) is 45.7 Å². The summed E-state index contributed by atoms with van der Waals surface area (Å²) in [4.78, 5) is 29.5. The van der Waals surface area contributed by atoms with Crippen LogP contribution in [0.4, 0.5) is 17.2 Å². The molecule has 2 aromatic heterocycles. The van der Waals surface area contributed by atoms with Gasteiger partial charge < -0.3 is 25.1 Å². The van der Waals surface area contributed by atoms with E-state index in [0.29, 0.717) is 31.2 Å². The van der Waals surface area contributed by atoms with Gasteiger partial charge in [-0.3, -0.25) is 9.78 Å². The number of carbonyl (C=O) groups is 1. The minimum absolute atomic E-state index is 0.00715. The first-order valence-corrected chi connectivity index (χ1v) is 13.6. The van der Waals surface area contributed by atoms with Gasteiger partial charge in [0.2, 0.25) is 0 Å². The van der Waals surface area contributed by atoms with Crippen molar-refractivity contribution in [3.8, 4) is 0 Å². The molecule has 0 bridgehead atoms. The number of nitrogens with one attached hydrogen (secondary N) is 1. The van der Waals surface area contributed by atoms with Crippen molar-refractivity contribution in [3.05, 3.63) is 77.2 Å². The normalized spacial score (nSPS) is 18.5. The third kappa shape index (κ3) is 5.31. The zero-order chi connectivity index (χ0) is 26.6. The molecule has 2 saturated heterocycles. The number of nitrogens with zero attached hydrogens (tertiary/aromatic N) is 5. The number of benzene rings is 1. The van der Waals surface area contributed by atoms with Gasteiger partial charge in [-0.25, -0.2) is 4.98 Å². The van der Waals surface area contributed by atoms with Gasteiger partial charge in [0, 0.05) is 50.6 Å². The summed E-state index contributed by atoms with van der Waals surface area (Å²) in [5.41, 5.74) is 5.35. The minimum Gasteiger partial charge on any atom is -0.394 e. The fourth-order valence-corrected chi connectivity index (χ4v) is 5.87. The Hall–Kier alpha value is -3.65. The Morgan fingerprint density at radius 1 is 0.974 bits per heavy atom. The SMILES string of the molecule is Cc1nc(C)c(C(=O)N2CCN(c3ccccc3)[C@H](CO)C2)c(C)c1NC1CCN(c2ccccn2)CC1. The van der Waals surface area contributed by atoms with Gasteiger partial charge in [0.1, 0.15) is 5.82 Å². The maximum atomic E-state index is 13.8. The molecule has 2 aliphatic heterocycles. The van der Waals surface area contributed by atoms with Crippen molar-refractivity contribution >= 4 is 23.1 Å². The Balaban J connectivity index is 1.30. The molecule has 1 atom stereocenters. The van der Waals surface area contributed by atoms with Gasteiger partial charge in [0.05, 0.1) is 35.3 Å². The number of aliphatic hydroxyl groups excluding tert-OH is 1. The van der Waals surface area contributed by atoms with E-state index in [1.54, 1.807) is 0 Å². The Kier molecular flexibility index (Phi) is 7.79. The van der Waals surface area contributed by atoms with Crippen LogP contribution < -0.4 is 15.1 Å². The van der Waals surface area contributed by atoms with E-state index < -0.39 is 0 Å². The van der Waals surface area contributed by atoms with Crippen LogP contribution in [-0.4, -0.2) is 77.3 Å². The Bertz CT molecular complexity index is 1240. The number of hydrogen-bond acceptors (Lipinski definition) is 7. The van der Waals surface area contributed by atoms with E-state index in [-0.39, 0.29) is 18.6 Å². The standard InChI is InChI=1S/C30H38N6O2/c1-21-28(30(38)35-17-18-36(26(19-35)20-37)25-9-5-4-6-10-25)22(2)32-23(3)29(21)33-24-12-15-34(16-13-24)27-11-7-8-14-31-27/h4-11,14,24,26,33,37H,12-13,15-20H2,1-3H3/t26-/m0/s1. The molecule has 0 saturated carbocycles. The van der Waals surface area contributed by atoms with Crippen molar-refractivity contribution in [2.24, 2.45) is 0 Å². The van der Waals surface area contributed by atoms with Crippen LogP contribution >= 0.6 is 0 Å². The lowest BCUT2D eigenvalue weighted by molar-refractivity contribution is 0.0697. The van der Waals surface area contributed by atoms with E-state index in [4.69, 9.17) is 4.98 Å². The second-order valence-corrected chi connectivity index (χ2v) is 10.4. The highest BCUT2D eigenvalue weighted by atomic mass is 16.3. The van der Waals surface area contributed by atoms with Crippen molar-refractivity contribution in [1.82, 2.24) is 14.9 Å². The predicted molar refractivity (Wildman–Crippen MR) is 152 cm³/mol. The number of carbonyl (C=O) groups excluding carboxylic acids is 1. The van der Waals surface area contributed by atoms with Crippen LogP contribution in [0.3, 0.4) is 0 Å². The van der Waals surface area contributed by atoms with Gasteiger partial charge in [-0.05, 0) is 63.4 Å². The zero-order valence-electron chi connectivity index (χ0n) is 22.6. The van der Waals surface area contributed by atoms with Crippen LogP contribution in [0.1, 0.15) is 40.2 Å². The summed E-state index contributed by atoms with van der Waals surface area (Å²) < 4.78 is 0. The number of aromatic nitrogens is 2. The van der Waals surface area contributed by atoms with E-state index >= 15 is 0 Å². The van der Waals surface area contributed by atoms with Crippen molar-refractivity contribution < 1.29 is 9.90 Å². The molecule has 0 aliphatic carbocycles. The average molecular weight is 515 g/mol. The van der Waals surface area contributed by atoms with Gasteiger partial charge in [-0.2, -0.15) is 0 Å². The number of rotatable bonds is 6. The number of pyridine rings is 2. The second-order valence-electron chi connectivity index (χ2n) is 10.4. The first-order chi connectivity index (χ1) is 18.5. The first-order valence-electron chi connectivity index (χ1n) is 13.6. The molecule has 200 valence electrons. The van der Waals surface area contributed by atoms with Gasteiger partial charge in [-0.15, -0.1) is 0 Å². The van der Waals surface area contributed by atoms with Crippen LogP contribution in [0.5, 0.6) is 0 Å². The molecule has 5 rings (SSSR count). The number of piperazine rings is 1. The summed E-state index contributed by atoms with van der Waals surface area (Å²) in [5.74, 6) is 1.02. The van der Waals surface area contributed by atoms with E-state index in [0.717, 1.165) is 60.1 Å². The number of hydrogen-bond donors (Lipinski definition) is 2. The van der Waals surface area contributed by atoms with Crippen molar-refractivity contribution in [3.63, 3.8) is 0 Å². The predicted octanol–water partition coefficient (Wildman–Crippen LogP) is 3.81. The monoisotopic (exact) mass is 514 g/mol. The lowest BCUT2D eigenvalue weighted by Gasteiger charge is -2.42. The van der Waals surface area contributed by atoms with Gasteiger partial charge in [0.25, 0.3) is 5.91 Å². The lowest BCUT2D eigenvalue weighted by Crippen LogP contribution is -2.56. The molecule has 2 N–H and O–H groups in total. The summed E-state index contributed by atoms with van der Waals surface area (Å²) in [7, 11) is 0. The highest BCUT2D eigenvalue weighted by Gasteiger charge is 2.32. The summed E-state index contributed by atoms with van der Waals surface area (Å²) in [5, 5.41) is 13.9. The molecule has 0 unspecified atom stereocenters. The third-order valence-electron chi connectivity index (χ3n) is 7.91. The Labute approximate surface area is 225 Å². The molecular formula is C30H38N6O2. The fraction of sp³-hybridized carbons (Fsp3) is 0.433. The van der Waals surface area contributed by atoms with Crippen LogP contribution in [0.2, 0.25) is 0 Å². The van der Waals surface area contributed by atoms with Gasteiger partial charge >= 0.3 is 0 Å². The zero-order valence-corrected chi connectivity index (χ0v) is 22.6. The molecule has 2 aliphatic rings. The molecule has 3 aromatic rings. The van der Waals surface area contributed by atoms with Crippen LogP contribution in [0.25, 0.3) is 0 Å². The molecule has 1 aromatic carbocycles. The topological polar surface area (TPSA) is 84.8 Å². The number of aliphatic hydroxyl groups is 1. The molecule has 2 fully saturated rings. The van der Waals surface area contributed by atoms with Crippen LogP contribution in [-0.2, 0) is 0 Å². The number of para-hydroxylation sites is 1. The largest absolute Gasteiger partial charge is 0.394 e. The van der Waals surface area contributed by atoms with E-state index in [9.17, 15) is 9.90 Å². The molecule has 8 nitrogen and oxygen atoms in total. The molecule has 4 heterocycles. The fourth-order valence-electron chi connectivity index (χ4n) is 5.87. The number of aryl methyl sites for hydroxylation is 2. The Morgan fingerprint density at radius 2 is 1.71 bits per heavy atom. The van der Waals surface area contributed by atoms with Gasteiger partial charge in [-0.1, -0.05) is 24.3 Å². The molecular weight excluding hydrogens is 476 g/mol. The van der Waals surface area contributed by atoms with E-state index in [1.165, 1.54) is 0 Å². The van der Waals surface area contributed by atoms with Crippen LogP contribution in [0.15, 0.2) is 54.7 Å². The summed E-state index contributed by atoms with van der Waals surface area (Å²) >= 11 is 0. The molecule has 0 radical (unpaired) electrons. The van der Waals surface area contributed by atoms with E-state index in [1.807, 2.05) is 62.2 Å². The Morgan fingerprint density at radius 3 is 2.39 bits per heavy atom. The summed E-state index contributed by atoms with van der Waals surface area (Å²) in [6.07, 6.45) is 3.83. The van der Waals surface area contributed by atoms with Crippen molar-refractivity contribution in [2.75, 3.05) is 54.4 Å². The average Bonchev–Trinajstić information content (AvgIpc) is 2.96. The highest BCUT2D eigenvalue weighted by Crippen LogP contribution is 2.30. The highest BCUT2D eigenvalue weighted by molar-refractivity contribution is 5.98. The molecule has 0 spiro atoms. The molecule has 38 heavy (non-hydrogen) atoms. The summed E-state index contributed by atoms with van der Waals surface area (Å²) in [6.45, 7) is 9.59. The number of anilines is 3. The summed E-state index contributed by atoms with van der Waals surface area (Å²) in [6, 6.07) is 16.3. The smallest absolute Gasteiger partial charge is 0.256 e. The third-order valence-corrected chi connectivity index (χ3v) is 7.91. The maximum absolute atomic E-state index is 13.8. The maximum Gasteiger partial charge on any atom is 0.256 e. The van der Waals surface area contributed by atoms with Crippen molar-refractivity contribution in [1.29, 1.82) is 0 Å². The molecule has 8 heteroatoms. The minimum atomic E-state index is -0.143. The molecule has 1 amide bonds. The van der Waals surface area contributed by atoms with E-state index in [2.05, 4.69) is 38.3 Å². The first kappa shape index (κ1) is 26.0. The number of amides is 1. The second kappa shape index (κ2) is 11.4. The van der Waals surface area contributed by atoms with Gasteiger partial charge in [0.15, 0.2) is 0 Å². The van der Waals surface area contributed by atoms with Crippen LogP contribution in [0, 0.1) is 20.8 Å². The lowest BCUT2D eigenvalue weighted by atomic mass is 9.99. The quantitative estimate of drug-likeness (QED) is 0.518.